The van der Waals surface area contributed by atoms with Crippen molar-refractivity contribution in [3.05, 3.63) is 65.3 Å². The van der Waals surface area contributed by atoms with Gasteiger partial charge >= 0.3 is 0 Å². The van der Waals surface area contributed by atoms with Crippen LogP contribution in [0.2, 0.25) is 0 Å². The molecule has 3 aromatic rings. The first-order chi connectivity index (χ1) is 9.79. The lowest BCUT2D eigenvalue weighted by Crippen LogP contribution is -1.99. The Kier molecular flexibility index (Phi) is 3.56. The van der Waals surface area contributed by atoms with Gasteiger partial charge in [0.2, 0.25) is 0 Å². The van der Waals surface area contributed by atoms with E-state index in [9.17, 15) is 0 Å². The van der Waals surface area contributed by atoms with Crippen LogP contribution in [0.4, 0.5) is 0 Å². The normalized spacial score (nSPS) is 10.5. The van der Waals surface area contributed by atoms with Crippen LogP contribution in [-0.4, -0.2) is 16.9 Å². The lowest BCUT2D eigenvalue weighted by Gasteiger charge is -2.10. The van der Waals surface area contributed by atoms with E-state index in [1.165, 1.54) is 0 Å². The van der Waals surface area contributed by atoms with Gasteiger partial charge in [0.1, 0.15) is 5.75 Å². The highest BCUT2D eigenvalue weighted by atomic mass is 79.9. The van der Waals surface area contributed by atoms with E-state index < -0.39 is 0 Å². The van der Waals surface area contributed by atoms with Crippen LogP contribution < -0.4 is 4.74 Å². The van der Waals surface area contributed by atoms with E-state index in [1.807, 2.05) is 59.3 Å². The maximum Gasteiger partial charge on any atom is 0.118 e. The van der Waals surface area contributed by atoms with E-state index in [-0.39, 0.29) is 0 Å². The molecule has 0 aliphatic rings. The summed E-state index contributed by atoms with van der Waals surface area (Å²) in [7, 11) is 1.67. The Balaban J connectivity index is 2.08. The van der Waals surface area contributed by atoms with Crippen LogP contribution in [0.1, 0.15) is 0 Å². The maximum atomic E-state index is 5.19. The average molecular weight is 329 g/mol. The van der Waals surface area contributed by atoms with Gasteiger partial charge in [-0.2, -0.15) is 5.10 Å². The molecule has 0 atom stereocenters. The van der Waals surface area contributed by atoms with Crippen molar-refractivity contribution in [1.82, 2.24) is 9.78 Å². The fourth-order valence-electron chi connectivity index (χ4n) is 2.10. The van der Waals surface area contributed by atoms with E-state index in [1.54, 1.807) is 13.3 Å². The minimum absolute atomic E-state index is 0.848. The van der Waals surface area contributed by atoms with Crippen molar-refractivity contribution in [2.75, 3.05) is 7.11 Å². The van der Waals surface area contributed by atoms with Crippen LogP contribution in [0.3, 0.4) is 0 Å². The molecule has 0 amide bonds. The van der Waals surface area contributed by atoms with Gasteiger partial charge in [-0.25, -0.2) is 4.68 Å². The summed E-state index contributed by atoms with van der Waals surface area (Å²) in [6.45, 7) is 0. The molecular weight excluding hydrogens is 316 g/mol. The van der Waals surface area contributed by atoms with Gasteiger partial charge < -0.3 is 4.74 Å². The molecule has 100 valence electrons. The number of aromatic nitrogens is 2. The summed E-state index contributed by atoms with van der Waals surface area (Å²) in [6, 6.07) is 18.0. The molecule has 3 rings (SSSR count). The molecular formula is C16H13BrN2O. The number of para-hydroxylation sites is 1. The number of ether oxygens (including phenoxy) is 1. The molecule has 0 radical (unpaired) electrons. The predicted octanol–water partition coefficient (Wildman–Crippen LogP) is 4.31. The summed E-state index contributed by atoms with van der Waals surface area (Å²) in [5, 5.41) is 4.42. The monoisotopic (exact) mass is 328 g/mol. The van der Waals surface area contributed by atoms with Crippen molar-refractivity contribution in [2.45, 2.75) is 0 Å². The van der Waals surface area contributed by atoms with Gasteiger partial charge in [0, 0.05) is 10.0 Å². The zero-order chi connectivity index (χ0) is 13.9. The number of methoxy groups -OCH3 is 1. The van der Waals surface area contributed by atoms with Crippen molar-refractivity contribution < 1.29 is 4.74 Å². The molecule has 0 saturated carbocycles. The number of hydrogen-bond acceptors (Lipinski definition) is 2. The Morgan fingerprint density at radius 3 is 2.45 bits per heavy atom. The summed E-state index contributed by atoms with van der Waals surface area (Å²) < 4.78 is 8.13. The van der Waals surface area contributed by atoms with Crippen LogP contribution >= 0.6 is 15.9 Å². The van der Waals surface area contributed by atoms with Crippen molar-refractivity contribution in [3.63, 3.8) is 0 Å². The topological polar surface area (TPSA) is 27.1 Å². The van der Waals surface area contributed by atoms with Gasteiger partial charge in [0.05, 0.1) is 24.7 Å². The molecule has 0 aliphatic carbocycles. The zero-order valence-corrected chi connectivity index (χ0v) is 12.5. The first-order valence-electron chi connectivity index (χ1n) is 6.23. The molecule has 3 nitrogen and oxygen atoms in total. The van der Waals surface area contributed by atoms with Crippen molar-refractivity contribution >= 4 is 15.9 Å². The summed E-state index contributed by atoms with van der Waals surface area (Å²) in [5.74, 6) is 0.848. The molecule has 20 heavy (non-hydrogen) atoms. The largest absolute Gasteiger partial charge is 0.497 e. The summed E-state index contributed by atoms with van der Waals surface area (Å²) in [6.07, 6.45) is 1.80. The lowest BCUT2D eigenvalue weighted by molar-refractivity contribution is 0.415. The lowest BCUT2D eigenvalue weighted by atomic mass is 10.1. The number of benzene rings is 2. The minimum Gasteiger partial charge on any atom is -0.497 e. The molecule has 0 saturated heterocycles. The maximum absolute atomic E-state index is 5.19. The highest BCUT2D eigenvalue weighted by molar-refractivity contribution is 9.10. The van der Waals surface area contributed by atoms with Crippen molar-refractivity contribution in [2.24, 2.45) is 0 Å². The number of rotatable bonds is 3. The summed E-state index contributed by atoms with van der Waals surface area (Å²) in [4.78, 5) is 0. The third-order valence-corrected chi connectivity index (χ3v) is 3.78. The molecule has 0 unspecified atom stereocenters. The molecule has 0 N–H and O–H groups in total. The fraction of sp³-hybridized carbons (Fsp3) is 0.0625. The standard InChI is InChI=1S/C16H13BrN2O/c1-20-13-8-6-12(7-9-13)15-10-11-18-19(15)16-5-3-2-4-14(16)17/h2-11H,1H3. The molecule has 0 aliphatic heterocycles. The second-order valence-electron chi connectivity index (χ2n) is 4.31. The van der Waals surface area contributed by atoms with E-state index in [2.05, 4.69) is 21.0 Å². The highest BCUT2D eigenvalue weighted by Crippen LogP contribution is 2.27. The Morgan fingerprint density at radius 1 is 1.00 bits per heavy atom. The number of nitrogens with zero attached hydrogens (tertiary/aromatic N) is 2. The van der Waals surface area contributed by atoms with Crippen LogP contribution in [0, 0.1) is 0 Å². The average Bonchev–Trinajstić information content (AvgIpc) is 2.97. The van der Waals surface area contributed by atoms with Crippen LogP contribution in [-0.2, 0) is 0 Å². The number of halogens is 1. The second-order valence-corrected chi connectivity index (χ2v) is 5.16. The Bertz CT molecular complexity index is 719. The van der Waals surface area contributed by atoms with E-state index in [0.29, 0.717) is 0 Å². The van der Waals surface area contributed by atoms with Crippen LogP contribution in [0.15, 0.2) is 65.3 Å². The van der Waals surface area contributed by atoms with Gasteiger partial charge in [0.25, 0.3) is 0 Å². The predicted molar refractivity (Wildman–Crippen MR) is 83.3 cm³/mol. The first-order valence-corrected chi connectivity index (χ1v) is 7.02. The molecule has 1 heterocycles. The van der Waals surface area contributed by atoms with Crippen molar-refractivity contribution in [3.8, 4) is 22.7 Å². The molecule has 0 bridgehead atoms. The summed E-state index contributed by atoms with van der Waals surface area (Å²) in [5.41, 5.74) is 3.15. The van der Waals surface area contributed by atoms with Gasteiger partial charge in [0.15, 0.2) is 0 Å². The van der Waals surface area contributed by atoms with Gasteiger partial charge in [-0.3, -0.25) is 0 Å². The number of hydrogen-bond donors (Lipinski definition) is 0. The Hall–Kier alpha value is -2.07. The Morgan fingerprint density at radius 2 is 1.75 bits per heavy atom. The van der Waals surface area contributed by atoms with Gasteiger partial charge in [-0.15, -0.1) is 0 Å². The van der Waals surface area contributed by atoms with Crippen LogP contribution in [0.25, 0.3) is 16.9 Å². The molecule has 1 aromatic heterocycles. The van der Waals surface area contributed by atoms with Gasteiger partial charge in [-0.1, -0.05) is 12.1 Å². The first kappa shape index (κ1) is 12.9. The van der Waals surface area contributed by atoms with Crippen molar-refractivity contribution in [1.29, 1.82) is 0 Å². The molecule has 4 heteroatoms. The zero-order valence-electron chi connectivity index (χ0n) is 11.0. The summed E-state index contributed by atoms with van der Waals surface area (Å²) >= 11 is 3.57. The van der Waals surface area contributed by atoms with Crippen LogP contribution in [0.5, 0.6) is 5.75 Å². The quantitative estimate of drug-likeness (QED) is 0.716. The SMILES string of the molecule is COc1ccc(-c2ccnn2-c2ccccc2Br)cc1. The van der Waals surface area contributed by atoms with E-state index in [0.717, 1.165) is 27.2 Å². The Labute approximate surface area is 125 Å². The van der Waals surface area contributed by atoms with Gasteiger partial charge in [-0.05, 0) is 58.4 Å². The minimum atomic E-state index is 0.848. The van der Waals surface area contributed by atoms with E-state index in [4.69, 9.17) is 4.74 Å². The third kappa shape index (κ3) is 2.34. The second kappa shape index (κ2) is 5.51. The molecule has 0 spiro atoms. The third-order valence-electron chi connectivity index (χ3n) is 3.11. The fourth-order valence-corrected chi connectivity index (χ4v) is 2.55. The smallest absolute Gasteiger partial charge is 0.118 e. The highest BCUT2D eigenvalue weighted by Gasteiger charge is 2.09. The molecule has 2 aromatic carbocycles. The molecule has 0 fully saturated rings. The van der Waals surface area contributed by atoms with E-state index >= 15 is 0 Å².